The molecule has 0 bridgehead atoms. The van der Waals surface area contributed by atoms with Crippen molar-refractivity contribution in [2.75, 3.05) is 18.4 Å². The Morgan fingerprint density at radius 1 is 0.970 bits per heavy atom. The first kappa shape index (κ1) is 22.1. The van der Waals surface area contributed by atoms with Gasteiger partial charge in [-0.15, -0.1) is 0 Å². The lowest BCUT2D eigenvalue weighted by Gasteiger charge is -2.18. The van der Waals surface area contributed by atoms with Crippen LogP contribution in [-0.2, 0) is 6.61 Å². The van der Waals surface area contributed by atoms with Crippen molar-refractivity contribution in [3.05, 3.63) is 95.9 Å². The first-order valence-electron chi connectivity index (χ1n) is 10.9. The van der Waals surface area contributed by atoms with E-state index < -0.39 is 0 Å². The highest BCUT2D eigenvalue weighted by atomic mass is 16.5. The van der Waals surface area contributed by atoms with Crippen molar-refractivity contribution in [2.24, 2.45) is 0 Å². The fourth-order valence-electron chi connectivity index (χ4n) is 3.53. The van der Waals surface area contributed by atoms with Crippen molar-refractivity contribution in [1.29, 1.82) is 0 Å². The van der Waals surface area contributed by atoms with Gasteiger partial charge in [0, 0.05) is 42.3 Å². The van der Waals surface area contributed by atoms with Crippen LogP contribution in [0.15, 0.2) is 79.1 Å². The van der Waals surface area contributed by atoms with Gasteiger partial charge in [-0.1, -0.05) is 12.1 Å². The Morgan fingerprint density at radius 3 is 2.48 bits per heavy atom. The van der Waals surface area contributed by atoms with E-state index in [2.05, 4.69) is 10.3 Å². The number of imidazole rings is 1. The lowest BCUT2D eigenvalue weighted by atomic mass is 10.1. The number of carbonyl (C=O) groups excluding carboxylic acids is 2. The highest BCUT2D eigenvalue weighted by Gasteiger charge is 2.13. The number of hydrogen-bond donors (Lipinski definition) is 1. The minimum absolute atomic E-state index is 0.0201. The van der Waals surface area contributed by atoms with Gasteiger partial charge in [0.05, 0.1) is 5.69 Å². The van der Waals surface area contributed by atoms with Crippen LogP contribution >= 0.6 is 0 Å². The Kier molecular flexibility index (Phi) is 6.69. The molecule has 2 aromatic heterocycles. The summed E-state index contributed by atoms with van der Waals surface area (Å²) in [5.41, 5.74) is 3.35. The summed E-state index contributed by atoms with van der Waals surface area (Å²) >= 11 is 0. The highest BCUT2D eigenvalue weighted by molar-refractivity contribution is 6.04. The van der Waals surface area contributed by atoms with Crippen molar-refractivity contribution in [3.63, 3.8) is 0 Å². The molecule has 0 spiro atoms. The van der Waals surface area contributed by atoms with Crippen LogP contribution in [0.4, 0.5) is 5.69 Å². The summed E-state index contributed by atoms with van der Waals surface area (Å²) in [6.07, 6.45) is 3.85. The standard InChI is InChI=1S/C26H26N4O3/c1-3-29(4-2)26(32)19-11-13-21(14-12-19)28-25(31)20-8-7-9-23(16-20)33-18-22-17-30-15-6-5-10-24(30)27-22/h5-17H,3-4,18H2,1-2H3,(H,28,31). The number of carbonyl (C=O) groups is 2. The maximum atomic E-state index is 12.7. The molecule has 0 aliphatic heterocycles. The van der Waals surface area contributed by atoms with E-state index in [0.29, 0.717) is 42.3 Å². The third-order valence-corrected chi connectivity index (χ3v) is 5.34. The van der Waals surface area contributed by atoms with Crippen LogP contribution in [0.1, 0.15) is 40.3 Å². The molecule has 7 heteroatoms. The predicted molar refractivity (Wildman–Crippen MR) is 128 cm³/mol. The van der Waals surface area contributed by atoms with Crippen LogP contribution in [0.3, 0.4) is 0 Å². The lowest BCUT2D eigenvalue weighted by molar-refractivity contribution is 0.0773. The van der Waals surface area contributed by atoms with Crippen molar-refractivity contribution in [1.82, 2.24) is 14.3 Å². The number of fused-ring (bicyclic) bond motifs is 1. The van der Waals surface area contributed by atoms with E-state index in [1.165, 1.54) is 0 Å². The van der Waals surface area contributed by atoms with Gasteiger partial charge in [0.2, 0.25) is 0 Å². The zero-order chi connectivity index (χ0) is 23.2. The number of rotatable bonds is 8. The normalized spacial score (nSPS) is 10.7. The average Bonchev–Trinajstić information content (AvgIpc) is 3.27. The maximum Gasteiger partial charge on any atom is 0.255 e. The number of ether oxygens (including phenoxy) is 1. The summed E-state index contributed by atoms with van der Waals surface area (Å²) in [4.78, 5) is 31.4. The molecule has 0 atom stereocenters. The van der Waals surface area contributed by atoms with Crippen LogP contribution in [0.5, 0.6) is 5.75 Å². The molecule has 1 N–H and O–H groups in total. The Balaban J connectivity index is 1.38. The Morgan fingerprint density at radius 2 is 1.76 bits per heavy atom. The van der Waals surface area contributed by atoms with E-state index in [4.69, 9.17) is 4.74 Å². The molecule has 0 saturated heterocycles. The summed E-state index contributed by atoms with van der Waals surface area (Å²) in [6, 6.07) is 19.7. The summed E-state index contributed by atoms with van der Waals surface area (Å²) < 4.78 is 7.78. The van der Waals surface area contributed by atoms with Crippen LogP contribution in [-0.4, -0.2) is 39.2 Å². The second-order valence-electron chi connectivity index (χ2n) is 7.52. The molecule has 2 aromatic carbocycles. The van der Waals surface area contributed by atoms with E-state index in [9.17, 15) is 9.59 Å². The number of anilines is 1. The number of benzene rings is 2. The molecule has 4 aromatic rings. The topological polar surface area (TPSA) is 75.9 Å². The van der Waals surface area contributed by atoms with E-state index in [1.807, 2.05) is 48.8 Å². The van der Waals surface area contributed by atoms with Gasteiger partial charge in [-0.05, 0) is 68.4 Å². The monoisotopic (exact) mass is 442 g/mol. The fraction of sp³-hybridized carbons (Fsp3) is 0.192. The quantitative estimate of drug-likeness (QED) is 0.431. The minimum Gasteiger partial charge on any atom is -0.487 e. The second kappa shape index (κ2) is 9.99. The lowest BCUT2D eigenvalue weighted by Crippen LogP contribution is -2.30. The third-order valence-electron chi connectivity index (χ3n) is 5.34. The predicted octanol–water partition coefficient (Wildman–Crippen LogP) is 4.65. The molecule has 168 valence electrons. The van der Waals surface area contributed by atoms with E-state index >= 15 is 0 Å². The molecular formula is C26H26N4O3. The Bertz CT molecular complexity index is 1230. The van der Waals surface area contributed by atoms with Gasteiger partial charge in [0.25, 0.3) is 11.8 Å². The maximum absolute atomic E-state index is 12.7. The molecule has 7 nitrogen and oxygen atoms in total. The number of amides is 2. The van der Waals surface area contributed by atoms with Gasteiger partial charge < -0.3 is 19.4 Å². The largest absolute Gasteiger partial charge is 0.487 e. The minimum atomic E-state index is -0.254. The van der Waals surface area contributed by atoms with Gasteiger partial charge in [-0.2, -0.15) is 0 Å². The zero-order valence-corrected chi connectivity index (χ0v) is 18.7. The SMILES string of the molecule is CCN(CC)C(=O)c1ccc(NC(=O)c2cccc(OCc3cn4ccccc4n3)c2)cc1. The van der Waals surface area contributed by atoms with Gasteiger partial charge in [-0.25, -0.2) is 4.98 Å². The molecule has 0 aliphatic rings. The number of nitrogens with zero attached hydrogens (tertiary/aromatic N) is 3. The van der Waals surface area contributed by atoms with Crippen LogP contribution in [0, 0.1) is 0 Å². The van der Waals surface area contributed by atoms with Crippen molar-refractivity contribution in [3.8, 4) is 5.75 Å². The first-order valence-corrected chi connectivity index (χ1v) is 10.9. The van der Waals surface area contributed by atoms with Crippen LogP contribution in [0.2, 0.25) is 0 Å². The van der Waals surface area contributed by atoms with Crippen LogP contribution < -0.4 is 10.1 Å². The van der Waals surface area contributed by atoms with Gasteiger partial charge in [0.15, 0.2) is 0 Å². The molecule has 0 saturated carbocycles. The van der Waals surface area contributed by atoms with Crippen LogP contribution in [0.25, 0.3) is 5.65 Å². The third kappa shape index (κ3) is 5.20. The number of pyridine rings is 1. The number of nitrogens with one attached hydrogen (secondary N) is 1. The molecule has 2 amide bonds. The molecule has 4 rings (SSSR count). The molecule has 0 radical (unpaired) electrons. The first-order chi connectivity index (χ1) is 16.1. The molecule has 33 heavy (non-hydrogen) atoms. The number of hydrogen-bond acceptors (Lipinski definition) is 4. The zero-order valence-electron chi connectivity index (χ0n) is 18.7. The van der Waals surface area contributed by atoms with Crippen molar-refractivity contribution in [2.45, 2.75) is 20.5 Å². The smallest absolute Gasteiger partial charge is 0.255 e. The number of aromatic nitrogens is 2. The molecule has 0 unspecified atom stereocenters. The van der Waals surface area contributed by atoms with Gasteiger partial charge in [0.1, 0.15) is 18.0 Å². The van der Waals surface area contributed by atoms with Crippen molar-refractivity contribution >= 4 is 23.1 Å². The summed E-state index contributed by atoms with van der Waals surface area (Å²) in [6.45, 7) is 5.51. The molecule has 0 aliphatic carbocycles. The average molecular weight is 443 g/mol. The Hall–Kier alpha value is -4.13. The summed E-state index contributed by atoms with van der Waals surface area (Å²) in [5, 5.41) is 2.87. The van der Waals surface area contributed by atoms with E-state index in [0.717, 1.165) is 11.3 Å². The fourth-order valence-corrected chi connectivity index (χ4v) is 3.53. The Labute approximate surface area is 192 Å². The van der Waals surface area contributed by atoms with Gasteiger partial charge in [-0.3, -0.25) is 9.59 Å². The molecule has 2 heterocycles. The second-order valence-corrected chi connectivity index (χ2v) is 7.52. The van der Waals surface area contributed by atoms with E-state index in [-0.39, 0.29) is 11.8 Å². The van der Waals surface area contributed by atoms with E-state index in [1.54, 1.807) is 53.4 Å². The molecule has 0 fully saturated rings. The molecular weight excluding hydrogens is 416 g/mol. The summed E-state index contributed by atoms with van der Waals surface area (Å²) in [5.74, 6) is 0.309. The van der Waals surface area contributed by atoms with Gasteiger partial charge >= 0.3 is 0 Å². The highest BCUT2D eigenvalue weighted by Crippen LogP contribution is 2.18. The van der Waals surface area contributed by atoms with Crippen molar-refractivity contribution < 1.29 is 14.3 Å². The summed E-state index contributed by atoms with van der Waals surface area (Å²) in [7, 11) is 0.